The molecular formula is C20H23FN8O2S. The predicted octanol–water partition coefficient (Wildman–Crippen LogP) is 1.42. The van der Waals surface area contributed by atoms with Gasteiger partial charge in [-0.05, 0) is 37.1 Å². The summed E-state index contributed by atoms with van der Waals surface area (Å²) in [5, 5.41) is 7.85. The number of halogens is 1. The fourth-order valence-electron chi connectivity index (χ4n) is 3.65. The molecule has 0 spiro atoms. The fraction of sp³-hybridized carbons (Fsp3) is 0.400. The van der Waals surface area contributed by atoms with E-state index in [9.17, 15) is 12.8 Å². The van der Waals surface area contributed by atoms with E-state index in [1.165, 1.54) is 23.0 Å². The standard InChI is InChI=1S/C20H23FN8O2S/c21-17-3-2-8-22-20(17)29-14-15(24-26-29)13-27-9-11-28(12-10-27)19-5-1-4-18(23-19)25-32(30,31)16-6-7-16/h1-5,8,14,16H,6-7,9-13H2,(H,23,25). The Hall–Kier alpha value is -3.12. The summed E-state index contributed by atoms with van der Waals surface area (Å²) in [5.74, 6) is 0.776. The van der Waals surface area contributed by atoms with Crippen LogP contribution in [-0.4, -0.2) is 69.7 Å². The smallest absolute Gasteiger partial charge is 0.236 e. The molecule has 1 saturated heterocycles. The van der Waals surface area contributed by atoms with Gasteiger partial charge >= 0.3 is 0 Å². The maximum Gasteiger partial charge on any atom is 0.236 e. The van der Waals surface area contributed by atoms with Gasteiger partial charge in [-0.1, -0.05) is 11.3 Å². The first-order valence-electron chi connectivity index (χ1n) is 10.5. The first-order chi connectivity index (χ1) is 15.5. The molecule has 0 unspecified atom stereocenters. The van der Waals surface area contributed by atoms with Crippen molar-refractivity contribution in [2.24, 2.45) is 0 Å². The summed E-state index contributed by atoms with van der Waals surface area (Å²) in [6.07, 6.45) is 4.62. The van der Waals surface area contributed by atoms with Gasteiger partial charge in [0.2, 0.25) is 10.0 Å². The second kappa shape index (κ2) is 8.43. The van der Waals surface area contributed by atoms with Gasteiger partial charge < -0.3 is 4.90 Å². The van der Waals surface area contributed by atoms with Crippen molar-refractivity contribution >= 4 is 21.7 Å². The maximum absolute atomic E-state index is 13.9. The van der Waals surface area contributed by atoms with E-state index in [4.69, 9.17) is 0 Å². The highest BCUT2D eigenvalue weighted by Crippen LogP contribution is 2.29. The summed E-state index contributed by atoms with van der Waals surface area (Å²) in [6.45, 7) is 3.65. The highest BCUT2D eigenvalue weighted by Gasteiger charge is 2.36. The lowest BCUT2D eigenvalue weighted by Gasteiger charge is -2.35. The van der Waals surface area contributed by atoms with Crippen molar-refractivity contribution in [3.05, 3.63) is 54.2 Å². The lowest BCUT2D eigenvalue weighted by atomic mass is 10.3. The van der Waals surface area contributed by atoms with E-state index in [2.05, 4.69) is 34.8 Å². The average molecular weight is 459 g/mol. The molecule has 3 aromatic heterocycles. The first kappa shape index (κ1) is 20.8. The minimum atomic E-state index is -3.33. The van der Waals surface area contributed by atoms with Crippen LogP contribution in [0.3, 0.4) is 0 Å². The highest BCUT2D eigenvalue weighted by atomic mass is 32.2. The fourth-order valence-corrected chi connectivity index (χ4v) is 4.98. The molecule has 0 aromatic carbocycles. The number of nitrogens with one attached hydrogen (secondary N) is 1. The zero-order valence-electron chi connectivity index (χ0n) is 17.3. The number of pyridine rings is 2. The van der Waals surface area contributed by atoms with Crippen molar-refractivity contribution in [3.63, 3.8) is 0 Å². The van der Waals surface area contributed by atoms with Crippen LogP contribution in [0, 0.1) is 5.82 Å². The number of hydrogen-bond donors (Lipinski definition) is 1. The van der Waals surface area contributed by atoms with Gasteiger partial charge in [-0.15, -0.1) is 5.10 Å². The summed E-state index contributed by atoms with van der Waals surface area (Å²) < 4.78 is 42.2. The topological polar surface area (TPSA) is 109 Å². The number of aromatic nitrogens is 5. The van der Waals surface area contributed by atoms with Crippen molar-refractivity contribution in [1.82, 2.24) is 29.9 Å². The minimum Gasteiger partial charge on any atom is -0.354 e. The number of anilines is 2. The number of rotatable bonds is 7. The van der Waals surface area contributed by atoms with Crippen molar-refractivity contribution in [2.45, 2.75) is 24.6 Å². The molecule has 168 valence electrons. The van der Waals surface area contributed by atoms with Gasteiger partial charge in [0, 0.05) is 38.9 Å². The Morgan fingerprint density at radius 3 is 2.66 bits per heavy atom. The van der Waals surface area contributed by atoms with Gasteiger partial charge in [0.15, 0.2) is 11.6 Å². The molecule has 1 aliphatic heterocycles. The molecule has 2 aliphatic rings. The molecule has 0 radical (unpaired) electrons. The number of nitrogens with zero attached hydrogens (tertiary/aromatic N) is 7. The van der Waals surface area contributed by atoms with Crippen LogP contribution < -0.4 is 9.62 Å². The van der Waals surface area contributed by atoms with E-state index in [1.807, 2.05) is 12.1 Å². The summed E-state index contributed by atoms with van der Waals surface area (Å²) in [7, 11) is -3.33. The Labute approximate surface area is 185 Å². The Balaban J connectivity index is 1.18. The zero-order chi connectivity index (χ0) is 22.1. The molecule has 12 heteroatoms. The maximum atomic E-state index is 13.9. The Kier molecular flexibility index (Phi) is 5.47. The van der Waals surface area contributed by atoms with Gasteiger partial charge in [-0.3, -0.25) is 9.62 Å². The third kappa shape index (κ3) is 4.55. The molecule has 1 aliphatic carbocycles. The molecule has 0 bridgehead atoms. The van der Waals surface area contributed by atoms with Crippen LogP contribution in [0.1, 0.15) is 18.5 Å². The van der Waals surface area contributed by atoms with E-state index < -0.39 is 15.8 Å². The molecule has 0 atom stereocenters. The average Bonchev–Trinajstić information content (AvgIpc) is 3.56. The van der Waals surface area contributed by atoms with Crippen molar-refractivity contribution in [1.29, 1.82) is 0 Å². The van der Waals surface area contributed by atoms with Crippen molar-refractivity contribution < 1.29 is 12.8 Å². The molecule has 1 N–H and O–H groups in total. The number of piperazine rings is 1. The Morgan fingerprint density at radius 1 is 1.09 bits per heavy atom. The lowest BCUT2D eigenvalue weighted by Crippen LogP contribution is -2.46. The summed E-state index contributed by atoms with van der Waals surface area (Å²) in [4.78, 5) is 12.9. The molecule has 0 amide bonds. The molecule has 1 saturated carbocycles. The molecular weight excluding hydrogens is 435 g/mol. The van der Waals surface area contributed by atoms with E-state index >= 15 is 0 Å². The molecule has 32 heavy (non-hydrogen) atoms. The Bertz CT molecular complexity index is 1210. The van der Waals surface area contributed by atoms with E-state index in [0.29, 0.717) is 25.2 Å². The van der Waals surface area contributed by atoms with Crippen molar-refractivity contribution in [2.75, 3.05) is 35.8 Å². The minimum absolute atomic E-state index is 0.124. The first-order valence-corrected chi connectivity index (χ1v) is 12.0. The van der Waals surface area contributed by atoms with Crippen LogP contribution in [0.4, 0.5) is 16.0 Å². The van der Waals surface area contributed by atoms with Gasteiger partial charge in [0.1, 0.15) is 11.6 Å². The van der Waals surface area contributed by atoms with E-state index in [0.717, 1.165) is 37.7 Å². The van der Waals surface area contributed by atoms with Crippen LogP contribution in [0.5, 0.6) is 0 Å². The number of sulfonamides is 1. The van der Waals surface area contributed by atoms with Crippen LogP contribution in [0.25, 0.3) is 5.82 Å². The molecule has 2 fully saturated rings. The van der Waals surface area contributed by atoms with E-state index in [-0.39, 0.29) is 11.1 Å². The van der Waals surface area contributed by atoms with Gasteiger partial charge in [-0.25, -0.2) is 22.8 Å². The van der Waals surface area contributed by atoms with Gasteiger partial charge in [0.25, 0.3) is 0 Å². The third-order valence-electron chi connectivity index (χ3n) is 5.52. The lowest BCUT2D eigenvalue weighted by molar-refractivity contribution is 0.246. The van der Waals surface area contributed by atoms with Crippen LogP contribution >= 0.6 is 0 Å². The van der Waals surface area contributed by atoms with Crippen LogP contribution in [0.2, 0.25) is 0 Å². The summed E-state index contributed by atoms with van der Waals surface area (Å²) >= 11 is 0. The summed E-state index contributed by atoms with van der Waals surface area (Å²) in [5.41, 5.74) is 0.734. The van der Waals surface area contributed by atoms with Gasteiger partial charge in [0.05, 0.1) is 17.1 Å². The second-order valence-corrected chi connectivity index (χ2v) is 9.91. The molecule has 3 aromatic rings. The van der Waals surface area contributed by atoms with Crippen LogP contribution in [-0.2, 0) is 16.6 Å². The molecule has 5 rings (SSSR count). The third-order valence-corrected chi connectivity index (χ3v) is 7.37. The quantitative estimate of drug-likeness (QED) is 0.566. The van der Waals surface area contributed by atoms with E-state index in [1.54, 1.807) is 12.3 Å². The largest absolute Gasteiger partial charge is 0.354 e. The normalized spacial score (nSPS) is 17.5. The predicted molar refractivity (Wildman–Crippen MR) is 116 cm³/mol. The zero-order valence-corrected chi connectivity index (χ0v) is 18.1. The SMILES string of the molecule is O=S(=O)(Nc1cccc(N2CCN(Cc3cn(-c4ncccc4F)nn3)CC2)n1)C1CC1. The highest BCUT2D eigenvalue weighted by molar-refractivity contribution is 7.93. The Morgan fingerprint density at radius 2 is 1.91 bits per heavy atom. The summed E-state index contributed by atoms with van der Waals surface area (Å²) in [6, 6.07) is 8.24. The van der Waals surface area contributed by atoms with Crippen molar-refractivity contribution in [3.8, 4) is 5.82 Å². The molecule has 4 heterocycles. The number of hydrogen-bond acceptors (Lipinski definition) is 8. The second-order valence-electron chi connectivity index (χ2n) is 7.95. The molecule has 10 nitrogen and oxygen atoms in total. The van der Waals surface area contributed by atoms with Gasteiger partial charge in [-0.2, -0.15) is 4.68 Å². The monoisotopic (exact) mass is 458 g/mol. The van der Waals surface area contributed by atoms with Crippen LogP contribution in [0.15, 0.2) is 42.7 Å².